The van der Waals surface area contributed by atoms with Crippen LogP contribution in [0.1, 0.15) is 31.8 Å². The number of nitrogens with zero attached hydrogens (tertiary/aromatic N) is 4. The van der Waals surface area contributed by atoms with Crippen LogP contribution >= 0.6 is 24.0 Å². The van der Waals surface area contributed by atoms with E-state index in [4.69, 9.17) is 37.0 Å². The van der Waals surface area contributed by atoms with Gasteiger partial charge in [-0.05, 0) is 97.2 Å². The van der Waals surface area contributed by atoms with Crippen LogP contribution < -0.4 is 31.2 Å². The van der Waals surface area contributed by atoms with E-state index >= 15 is 0 Å². The Kier molecular flexibility index (Phi) is 18.0. The highest BCUT2D eigenvalue weighted by atomic mass is 35.5. The summed E-state index contributed by atoms with van der Waals surface area (Å²) in [6.45, 7) is 12.2. The lowest BCUT2D eigenvalue weighted by Gasteiger charge is -2.12. The molecule has 2 aromatic heterocycles. The van der Waals surface area contributed by atoms with Crippen LogP contribution in [0.3, 0.4) is 0 Å². The van der Waals surface area contributed by atoms with Gasteiger partial charge in [-0.1, -0.05) is 49.6 Å². The van der Waals surface area contributed by atoms with Crippen molar-refractivity contribution < 1.29 is 29.3 Å². The number of nitrogens with two attached hydrogens (primary N) is 1. The van der Waals surface area contributed by atoms with E-state index in [2.05, 4.69) is 49.0 Å². The third-order valence-electron chi connectivity index (χ3n) is 7.46. The van der Waals surface area contributed by atoms with Gasteiger partial charge in [-0.25, -0.2) is 24.5 Å². The molecule has 58 heavy (non-hydrogen) atoms. The Bertz CT molecular complexity index is 2330. The maximum Gasteiger partial charge on any atom is 0.335 e. The van der Waals surface area contributed by atoms with Crippen LogP contribution in [-0.4, -0.2) is 55.3 Å². The third-order valence-corrected chi connectivity index (χ3v) is 7.64. The Morgan fingerprint density at radius 3 is 1.72 bits per heavy atom. The summed E-state index contributed by atoms with van der Waals surface area (Å²) in [5.74, 6) is 1.14. The highest BCUT2D eigenvalue weighted by molar-refractivity contribution is 6.28. The van der Waals surface area contributed by atoms with E-state index in [-0.39, 0.29) is 28.8 Å². The van der Waals surface area contributed by atoms with Crippen molar-refractivity contribution in [3.8, 4) is 11.5 Å². The molecule has 0 aliphatic rings. The van der Waals surface area contributed by atoms with Crippen molar-refractivity contribution in [2.24, 2.45) is 0 Å². The Morgan fingerprint density at radius 1 is 0.707 bits per heavy atom. The average molecular weight is 826 g/mol. The minimum Gasteiger partial charge on any atom is -0.489 e. The first-order chi connectivity index (χ1) is 27.4. The first kappa shape index (κ1) is 45.2. The Balaban J connectivity index is 0.000000258. The van der Waals surface area contributed by atoms with Crippen LogP contribution in [0, 0.1) is 13.8 Å². The van der Waals surface area contributed by atoms with Gasteiger partial charge >= 0.3 is 11.9 Å². The molecule has 0 radical (unpaired) electrons. The minimum absolute atomic E-state index is 0. The van der Waals surface area contributed by atoms with E-state index in [9.17, 15) is 9.59 Å². The quantitative estimate of drug-likeness (QED) is 0.0344. The number of halogens is 2. The fraction of sp³-hybridized carbons (Fsp3) is 0.0952. The van der Waals surface area contributed by atoms with E-state index in [0.29, 0.717) is 42.2 Å². The van der Waals surface area contributed by atoms with E-state index in [0.717, 1.165) is 34.0 Å². The number of hydrogen-bond acceptors (Lipinski definition) is 12. The molecular formula is C42H42Cl2N8O6. The molecule has 0 amide bonds. The highest BCUT2D eigenvalue weighted by Gasteiger charge is 2.08. The number of anilines is 7. The molecule has 0 atom stereocenters. The fourth-order valence-corrected chi connectivity index (χ4v) is 4.81. The van der Waals surface area contributed by atoms with E-state index in [1.54, 1.807) is 60.9 Å². The van der Waals surface area contributed by atoms with E-state index < -0.39 is 11.9 Å². The molecule has 0 saturated heterocycles. The molecule has 0 aliphatic carbocycles. The van der Waals surface area contributed by atoms with Gasteiger partial charge in [0.05, 0.1) is 11.1 Å². The average Bonchev–Trinajstić information content (AvgIpc) is 3.19. The smallest absolute Gasteiger partial charge is 0.335 e. The van der Waals surface area contributed by atoms with E-state index in [1.165, 1.54) is 24.3 Å². The van der Waals surface area contributed by atoms with Gasteiger partial charge in [-0.15, -0.1) is 12.4 Å². The molecule has 0 aliphatic heterocycles. The number of aryl methyl sites for hydroxylation is 2. The van der Waals surface area contributed by atoms with Crippen LogP contribution in [0.15, 0.2) is 135 Å². The number of rotatable bonds is 14. The number of aromatic nitrogens is 4. The Hall–Kier alpha value is -7.16. The van der Waals surface area contributed by atoms with Gasteiger partial charge in [0, 0.05) is 47.3 Å². The zero-order chi connectivity index (χ0) is 41.2. The van der Waals surface area contributed by atoms with Gasteiger partial charge < -0.3 is 41.4 Å². The molecular weight excluding hydrogens is 783 g/mol. The number of carboxylic acids is 2. The first-order valence-electron chi connectivity index (χ1n) is 17.2. The molecule has 0 spiro atoms. The minimum atomic E-state index is -0.992. The standard InChI is InChI=1S/C21H20N4O3.C14H14ClN3O.C7H7NO2.ClH/c1-3-11-28-17-8-7-14(2)18(13-17)24-19-9-10-22-21(25-19)23-16-6-4-5-15(12-16)20(26)27;1-3-8-19-11-5-4-10(2)12(9-11)17-13-6-7-16-14(15)18-13;8-6-3-1-2-5(4-6)7(9)10;/h3-10,12-13H,1,11H2,2H3,(H,26,27)(H2,22,23,24,25);3-7,9H,1,8H2,2H3,(H,16,17,18);1-4H,8H2,(H,9,10);1H. The summed E-state index contributed by atoms with van der Waals surface area (Å²) < 4.78 is 11.1. The largest absolute Gasteiger partial charge is 0.489 e. The molecule has 2 heterocycles. The second-order valence-electron chi connectivity index (χ2n) is 11.8. The van der Waals surface area contributed by atoms with Gasteiger partial charge in [0.25, 0.3) is 0 Å². The monoisotopic (exact) mass is 824 g/mol. The normalized spacial score (nSPS) is 9.78. The second kappa shape index (κ2) is 23.0. The Labute approximate surface area is 346 Å². The second-order valence-corrected chi connectivity index (χ2v) is 12.2. The number of hydrogen-bond donors (Lipinski definition) is 6. The number of nitrogens with one attached hydrogen (secondary N) is 3. The first-order valence-corrected chi connectivity index (χ1v) is 17.6. The molecule has 6 rings (SSSR count). The molecule has 0 bridgehead atoms. The van der Waals surface area contributed by atoms with Crippen molar-refractivity contribution in [1.82, 2.24) is 19.9 Å². The van der Waals surface area contributed by atoms with Gasteiger partial charge in [0.1, 0.15) is 36.3 Å². The molecule has 0 unspecified atom stereocenters. The summed E-state index contributed by atoms with van der Waals surface area (Å²) in [4.78, 5) is 37.9. The van der Waals surface area contributed by atoms with Crippen molar-refractivity contribution in [1.29, 1.82) is 0 Å². The molecule has 0 fully saturated rings. The summed E-state index contributed by atoms with van der Waals surface area (Å²) >= 11 is 5.75. The topological polar surface area (TPSA) is 207 Å². The van der Waals surface area contributed by atoms with Gasteiger partial charge in [0.2, 0.25) is 11.2 Å². The van der Waals surface area contributed by atoms with Crippen LogP contribution in [0.5, 0.6) is 11.5 Å². The zero-order valence-electron chi connectivity index (χ0n) is 31.6. The number of benzene rings is 4. The van der Waals surface area contributed by atoms with Crippen molar-refractivity contribution in [3.63, 3.8) is 0 Å². The van der Waals surface area contributed by atoms with Gasteiger partial charge in [-0.3, -0.25) is 0 Å². The zero-order valence-corrected chi connectivity index (χ0v) is 33.1. The van der Waals surface area contributed by atoms with Crippen LogP contribution in [0.2, 0.25) is 5.28 Å². The fourth-order valence-electron chi connectivity index (χ4n) is 4.66. The van der Waals surface area contributed by atoms with Crippen molar-refractivity contribution in [2.75, 3.05) is 34.9 Å². The number of aromatic carboxylic acids is 2. The number of carbonyl (C=O) groups is 2. The summed E-state index contributed by atoms with van der Waals surface area (Å²) in [5, 5.41) is 27.2. The molecule has 14 nitrogen and oxygen atoms in total. The number of nitrogen functional groups attached to an aromatic ring is 1. The predicted molar refractivity (Wildman–Crippen MR) is 231 cm³/mol. The number of ether oxygens (including phenoxy) is 2. The summed E-state index contributed by atoms with van der Waals surface area (Å²) in [5.41, 5.74) is 10.7. The van der Waals surface area contributed by atoms with Gasteiger partial charge in [0.15, 0.2) is 0 Å². The summed E-state index contributed by atoms with van der Waals surface area (Å²) in [7, 11) is 0. The van der Waals surface area contributed by atoms with Crippen LogP contribution in [0.4, 0.5) is 40.3 Å². The van der Waals surface area contributed by atoms with Crippen molar-refractivity contribution in [3.05, 3.63) is 162 Å². The maximum absolute atomic E-state index is 11.1. The van der Waals surface area contributed by atoms with E-state index in [1.807, 2.05) is 50.2 Å². The lowest BCUT2D eigenvalue weighted by Crippen LogP contribution is -2.03. The molecule has 7 N–H and O–H groups in total. The number of carboxylic acid groups (broad SMARTS) is 2. The molecule has 16 heteroatoms. The lowest BCUT2D eigenvalue weighted by atomic mass is 10.2. The maximum atomic E-state index is 11.1. The molecule has 6 aromatic rings. The highest BCUT2D eigenvalue weighted by Crippen LogP contribution is 2.27. The molecule has 4 aromatic carbocycles. The van der Waals surface area contributed by atoms with Crippen molar-refractivity contribution in [2.45, 2.75) is 13.8 Å². The van der Waals surface area contributed by atoms with Crippen LogP contribution in [0.25, 0.3) is 0 Å². The molecule has 0 saturated carbocycles. The van der Waals surface area contributed by atoms with Crippen molar-refractivity contribution >= 4 is 76.3 Å². The summed E-state index contributed by atoms with van der Waals surface area (Å²) in [6, 6.07) is 27.7. The van der Waals surface area contributed by atoms with Crippen LogP contribution in [-0.2, 0) is 0 Å². The SMILES string of the molecule is C=CCOc1ccc(C)c(Nc2ccnc(Cl)n2)c1.C=CCOc1ccc(C)c(Nc2ccnc(Nc3cccc(C(=O)O)c3)n2)c1.Cl.Nc1cccc(C(=O)O)c1. The predicted octanol–water partition coefficient (Wildman–Crippen LogP) is 9.67. The summed E-state index contributed by atoms with van der Waals surface area (Å²) in [6.07, 6.45) is 6.61. The molecule has 300 valence electrons. The lowest BCUT2D eigenvalue weighted by molar-refractivity contribution is 0.0686. The third kappa shape index (κ3) is 14.8. The Morgan fingerprint density at radius 2 is 1.22 bits per heavy atom. The van der Waals surface area contributed by atoms with Gasteiger partial charge in [-0.2, -0.15) is 4.98 Å².